The van der Waals surface area contributed by atoms with Crippen molar-refractivity contribution in [2.24, 2.45) is 0 Å². The van der Waals surface area contributed by atoms with Gasteiger partial charge >= 0.3 is 0 Å². The van der Waals surface area contributed by atoms with E-state index in [0.717, 1.165) is 5.69 Å². The molecule has 0 unspecified atom stereocenters. The highest BCUT2D eigenvalue weighted by Crippen LogP contribution is 2.18. The van der Waals surface area contributed by atoms with Gasteiger partial charge in [0.1, 0.15) is 0 Å². The van der Waals surface area contributed by atoms with E-state index in [-0.39, 0.29) is 17.3 Å². The molecule has 0 radical (unpaired) electrons. The molecule has 1 aromatic carbocycles. The first-order valence-electron chi connectivity index (χ1n) is 3.63. The first-order chi connectivity index (χ1) is 5.91. The largest absolute Gasteiger partial charge is 0.378 e. The van der Waals surface area contributed by atoms with Crippen molar-refractivity contribution in [2.45, 2.75) is 4.90 Å². The van der Waals surface area contributed by atoms with Crippen LogP contribution in [0.5, 0.6) is 0 Å². The van der Waals surface area contributed by atoms with Crippen LogP contribution in [0, 0.1) is 0 Å². The molecule has 3 nitrogen and oxygen atoms in total. The van der Waals surface area contributed by atoms with Crippen molar-refractivity contribution in [2.75, 3.05) is 19.0 Å². The summed E-state index contributed by atoms with van der Waals surface area (Å²) in [6.45, 7) is 0. The van der Waals surface area contributed by atoms with Gasteiger partial charge in [-0.25, -0.2) is 8.42 Å². The van der Waals surface area contributed by atoms with Crippen LogP contribution in [0.2, 0.25) is 0 Å². The second-order valence-electron chi connectivity index (χ2n) is 2.83. The number of hydrogen-bond acceptors (Lipinski definition) is 3. The minimum atomic E-state index is -3.59. The molecule has 0 aliphatic carbocycles. The molecule has 0 aliphatic heterocycles. The van der Waals surface area contributed by atoms with Crippen LogP contribution in [0.25, 0.3) is 0 Å². The summed E-state index contributed by atoms with van der Waals surface area (Å²) < 4.78 is 21.7. The fourth-order valence-electron chi connectivity index (χ4n) is 0.907. The third-order valence-corrected chi connectivity index (χ3v) is 3.00. The van der Waals surface area contributed by atoms with Crippen LogP contribution in [0.1, 0.15) is 0 Å². The molecule has 0 atom stereocenters. The zero-order chi connectivity index (χ0) is 10.1. The van der Waals surface area contributed by atoms with Crippen LogP contribution in [-0.4, -0.2) is 22.5 Å². The van der Waals surface area contributed by atoms with E-state index >= 15 is 0 Å². The Kier molecular flexibility index (Phi) is 4.71. The molecule has 1 aromatic rings. The van der Waals surface area contributed by atoms with Crippen LogP contribution in [0.15, 0.2) is 29.2 Å². The van der Waals surface area contributed by atoms with Gasteiger partial charge in [-0.3, -0.25) is 0 Å². The lowest BCUT2D eigenvalue weighted by Gasteiger charge is -2.11. The average molecular weight is 256 g/mol. The normalized spacial score (nSPS) is 10.5. The van der Waals surface area contributed by atoms with Gasteiger partial charge in [0.2, 0.25) is 0 Å². The van der Waals surface area contributed by atoms with Crippen molar-refractivity contribution < 1.29 is 8.42 Å². The molecule has 1 rings (SSSR count). The lowest BCUT2D eigenvalue weighted by molar-refractivity contribution is 0.609. The number of anilines is 1. The van der Waals surface area contributed by atoms with E-state index in [4.69, 9.17) is 10.7 Å². The molecule has 0 heterocycles. The van der Waals surface area contributed by atoms with Gasteiger partial charge < -0.3 is 4.90 Å². The molecule has 0 saturated carbocycles. The molecular formula is C8H11Cl2NO2S. The summed E-state index contributed by atoms with van der Waals surface area (Å²) >= 11 is 0. The SMILES string of the molecule is CN(C)c1ccc(S(=O)(=O)Cl)cc1.Cl. The molecule has 0 saturated heterocycles. The lowest BCUT2D eigenvalue weighted by atomic mass is 10.3. The maximum atomic E-state index is 10.9. The smallest absolute Gasteiger partial charge is 0.261 e. The molecule has 0 fully saturated rings. The Morgan fingerprint density at radius 2 is 1.57 bits per heavy atom. The van der Waals surface area contributed by atoms with Crippen LogP contribution in [-0.2, 0) is 9.05 Å². The Morgan fingerprint density at radius 1 is 1.14 bits per heavy atom. The maximum Gasteiger partial charge on any atom is 0.261 e. The molecule has 0 N–H and O–H groups in total. The number of halogens is 2. The average Bonchev–Trinajstić information content (AvgIpc) is 2.03. The minimum absolute atomic E-state index is 0. The van der Waals surface area contributed by atoms with Gasteiger partial charge in [0.25, 0.3) is 9.05 Å². The molecular weight excluding hydrogens is 245 g/mol. The van der Waals surface area contributed by atoms with Gasteiger partial charge in [-0.05, 0) is 24.3 Å². The van der Waals surface area contributed by atoms with Crippen molar-refractivity contribution in [3.63, 3.8) is 0 Å². The number of rotatable bonds is 2. The summed E-state index contributed by atoms with van der Waals surface area (Å²) in [6.07, 6.45) is 0. The maximum absolute atomic E-state index is 10.9. The van der Waals surface area contributed by atoms with Gasteiger partial charge in [0.15, 0.2) is 0 Å². The van der Waals surface area contributed by atoms with Gasteiger partial charge in [0, 0.05) is 30.5 Å². The Labute approximate surface area is 94.5 Å². The lowest BCUT2D eigenvalue weighted by Crippen LogP contribution is -2.08. The summed E-state index contributed by atoms with van der Waals surface area (Å²) in [5.74, 6) is 0. The molecule has 0 aromatic heterocycles. The topological polar surface area (TPSA) is 37.4 Å². The molecule has 0 amide bonds. The van der Waals surface area contributed by atoms with Crippen LogP contribution in [0.3, 0.4) is 0 Å². The second-order valence-corrected chi connectivity index (χ2v) is 5.39. The zero-order valence-corrected chi connectivity index (χ0v) is 10.2. The molecule has 0 spiro atoms. The molecule has 0 bridgehead atoms. The van der Waals surface area contributed by atoms with Gasteiger partial charge in [0.05, 0.1) is 4.90 Å². The van der Waals surface area contributed by atoms with Crippen LogP contribution < -0.4 is 4.90 Å². The minimum Gasteiger partial charge on any atom is -0.378 e. The molecule has 0 aliphatic rings. The number of benzene rings is 1. The van der Waals surface area contributed by atoms with E-state index in [2.05, 4.69) is 0 Å². The fourth-order valence-corrected chi connectivity index (χ4v) is 1.68. The van der Waals surface area contributed by atoms with Crippen molar-refractivity contribution in [1.82, 2.24) is 0 Å². The number of nitrogens with zero attached hydrogens (tertiary/aromatic N) is 1. The highest BCUT2D eigenvalue weighted by molar-refractivity contribution is 8.13. The van der Waals surface area contributed by atoms with E-state index in [1.165, 1.54) is 12.1 Å². The summed E-state index contributed by atoms with van der Waals surface area (Å²) in [5.41, 5.74) is 0.934. The summed E-state index contributed by atoms with van der Waals surface area (Å²) in [4.78, 5) is 2.00. The van der Waals surface area contributed by atoms with E-state index < -0.39 is 9.05 Å². The van der Waals surface area contributed by atoms with E-state index in [1.807, 2.05) is 19.0 Å². The van der Waals surface area contributed by atoms with E-state index in [1.54, 1.807) is 12.1 Å². The van der Waals surface area contributed by atoms with Crippen molar-refractivity contribution in [1.29, 1.82) is 0 Å². The van der Waals surface area contributed by atoms with Gasteiger partial charge in [-0.15, -0.1) is 12.4 Å². The third-order valence-electron chi connectivity index (χ3n) is 1.63. The van der Waals surface area contributed by atoms with E-state index in [9.17, 15) is 8.42 Å². The van der Waals surface area contributed by atoms with E-state index in [0.29, 0.717) is 0 Å². The molecule has 80 valence electrons. The number of hydrogen-bond donors (Lipinski definition) is 0. The highest BCUT2D eigenvalue weighted by atomic mass is 35.7. The van der Waals surface area contributed by atoms with Crippen molar-refractivity contribution in [3.8, 4) is 0 Å². The Hall–Kier alpha value is -0.450. The standard InChI is InChI=1S/C8H10ClNO2S.ClH/c1-10(2)7-3-5-8(6-4-7)13(9,11)12;/h3-6H,1-2H3;1H. The predicted molar refractivity (Wildman–Crippen MR) is 61.1 cm³/mol. The predicted octanol–water partition coefficient (Wildman–Crippen LogP) is 2.10. The summed E-state index contributed by atoms with van der Waals surface area (Å²) in [6, 6.07) is 6.37. The van der Waals surface area contributed by atoms with Gasteiger partial charge in [-0.2, -0.15) is 0 Å². The van der Waals surface area contributed by atoms with Crippen LogP contribution in [0.4, 0.5) is 5.69 Å². The summed E-state index contributed by atoms with van der Waals surface area (Å²) in [5, 5.41) is 0. The zero-order valence-electron chi connectivity index (χ0n) is 7.77. The molecule has 6 heteroatoms. The first kappa shape index (κ1) is 13.5. The third kappa shape index (κ3) is 3.36. The monoisotopic (exact) mass is 255 g/mol. The second kappa shape index (κ2) is 4.87. The quantitative estimate of drug-likeness (QED) is 0.760. The van der Waals surface area contributed by atoms with Gasteiger partial charge in [-0.1, -0.05) is 0 Å². The first-order valence-corrected chi connectivity index (χ1v) is 5.94. The molecule has 14 heavy (non-hydrogen) atoms. The van der Waals surface area contributed by atoms with Crippen molar-refractivity contribution in [3.05, 3.63) is 24.3 Å². The Morgan fingerprint density at radius 3 is 1.86 bits per heavy atom. The Bertz CT molecular complexity index is 386. The highest BCUT2D eigenvalue weighted by Gasteiger charge is 2.08. The fraction of sp³-hybridized carbons (Fsp3) is 0.250. The van der Waals surface area contributed by atoms with Crippen molar-refractivity contribution >= 4 is 37.8 Å². The summed E-state index contributed by atoms with van der Waals surface area (Å²) in [7, 11) is 5.32. The Balaban J connectivity index is 0.00000169. The van der Waals surface area contributed by atoms with Crippen LogP contribution >= 0.6 is 23.1 Å².